The molecule has 8 heteroatoms. The number of hydrogen-bond donors (Lipinski definition) is 2. The molecular weight excluding hydrogens is 358 g/mol. The predicted molar refractivity (Wildman–Crippen MR) is 98.3 cm³/mol. The second kappa shape index (κ2) is 8.13. The molecule has 3 aromatic rings. The van der Waals surface area contributed by atoms with Crippen LogP contribution in [0.2, 0.25) is 5.02 Å². The summed E-state index contributed by atoms with van der Waals surface area (Å²) >= 11 is 7.16. The number of nitrogens with zero attached hydrogens (tertiary/aromatic N) is 3. The Bertz CT molecular complexity index is 838. The average Bonchev–Trinajstić information content (AvgIpc) is 3.10. The lowest BCUT2D eigenvalue weighted by atomic mass is 10.1. The molecule has 25 heavy (non-hydrogen) atoms. The highest BCUT2D eigenvalue weighted by molar-refractivity contribution is 7.99. The van der Waals surface area contributed by atoms with E-state index in [0.29, 0.717) is 16.0 Å². The number of halogens is 1. The number of pyridine rings is 1. The minimum Gasteiger partial charge on any atom is -0.349 e. The van der Waals surface area contributed by atoms with Crippen molar-refractivity contribution >= 4 is 29.3 Å². The van der Waals surface area contributed by atoms with E-state index in [1.165, 1.54) is 11.8 Å². The van der Waals surface area contributed by atoms with Crippen LogP contribution in [0.5, 0.6) is 0 Å². The molecule has 3 rings (SSSR count). The maximum absolute atomic E-state index is 12.1. The Labute approximate surface area is 154 Å². The summed E-state index contributed by atoms with van der Waals surface area (Å²) in [6.07, 6.45) is 3.38. The number of hydrogen-bond acceptors (Lipinski definition) is 5. The Morgan fingerprint density at radius 3 is 2.68 bits per heavy atom. The van der Waals surface area contributed by atoms with Crippen molar-refractivity contribution < 1.29 is 4.79 Å². The monoisotopic (exact) mass is 373 g/mol. The molecule has 0 aliphatic carbocycles. The van der Waals surface area contributed by atoms with E-state index in [4.69, 9.17) is 11.6 Å². The number of nitrogens with one attached hydrogen (secondary N) is 2. The van der Waals surface area contributed by atoms with E-state index >= 15 is 0 Å². The van der Waals surface area contributed by atoms with Crippen LogP contribution in [0.4, 0.5) is 0 Å². The predicted octanol–water partition coefficient (Wildman–Crippen LogP) is 3.49. The third-order valence-corrected chi connectivity index (χ3v) is 4.60. The Balaban J connectivity index is 1.52. The molecule has 1 atom stereocenters. The first-order chi connectivity index (χ1) is 12.1. The Kier molecular flexibility index (Phi) is 5.67. The number of rotatable bonds is 6. The smallest absolute Gasteiger partial charge is 0.230 e. The van der Waals surface area contributed by atoms with Gasteiger partial charge in [0.2, 0.25) is 11.1 Å². The quantitative estimate of drug-likeness (QED) is 0.646. The maximum Gasteiger partial charge on any atom is 0.230 e. The van der Waals surface area contributed by atoms with Crippen LogP contribution < -0.4 is 5.32 Å². The van der Waals surface area contributed by atoms with Crippen LogP contribution in [-0.2, 0) is 4.79 Å². The van der Waals surface area contributed by atoms with E-state index < -0.39 is 0 Å². The highest BCUT2D eigenvalue weighted by Gasteiger charge is 2.12. The van der Waals surface area contributed by atoms with Crippen molar-refractivity contribution in [2.24, 2.45) is 0 Å². The Morgan fingerprint density at radius 1 is 1.24 bits per heavy atom. The number of aromatic nitrogens is 4. The highest BCUT2D eigenvalue weighted by atomic mass is 35.5. The van der Waals surface area contributed by atoms with E-state index in [0.717, 1.165) is 11.1 Å². The van der Waals surface area contributed by atoms with Gasteiger partial charge in [0.1, 0.15) is 0 Å². The van der Waals surface area contributed by atoms with E-state index in [1.54, 1.807) is 12.4 Å². The molecule has 1 unspecified atom stereocenters. The molecule has 2 heterocycles. The summed E-state index contributed by atoms with van der Waals surface area (Å²) in [5.74, 6) is 0.813. The number of aromatic amines is 1. The average molecular weight is 374 g/mol. The second-order valence-corrected chi connectivity index (χ2v) is 6.71. The van der Waals surface area contributed by atoms with E-state index in [9.17, 15) is 4.79 Å². The van der Waals surface area contributed by atoms with Crippen LogP contribution in [-0.4, -0.2) is 31.8 Å². The van der Waals surface area contributed by atoms with E-state index in [1.807, 2.05) is 43.3 Å². The molecule has 1 amide bonds. The van der Waals surface area contributed by atoms with Crippen molar-refractivity contribution in [1.82, 2.24) is 25.5 Å². The molecule has 128 valence electrons. The van der Waals surface area contributed by atoms with Gasteiger partial charge in [0.25, 0.3) is 0 Å². The molecule has 6 nitrogen and oxygen atoms in total. The fraction of sp³-hybridized carbons (Fsp3) is 0.176. The topological polar surface area (TPSA) is 83.6 Å². The maximum atomic E-state index is 12.1. The summed E-state index contributed by atoms with van der Waals surface area (Å²) in [7, 11) is 0. The van der Waals surface area contributed by atoms with Crippen molar-refractivity contribution in [2.45, 2.75) is 18.1 Å². The fourth-order valence-corrected chi connectivity index (χ4v) is 2.93. The summed E-state index contributed by atoms with van der Waals surface area (Å²) in [5.41, 5.74) is 1.90. The lowest BCUT2D eigenvalue weighted by Crippen LogP contribution is -2.28. The van der Waals surface area contributed by atoms with Gasteiger partial charge in [-0.25, -0.2) is 4.98 Å². The zero-order chi connectivity index (χ0) is 17.6. The molecule has 0 radical (unpaired) electrons. The van der Waals surface area contributed by atoms with Crippen molar-refractivity contribution in [3.63, 3.8) is 0 Å². The van der Waals surface area contributed by atoms with Crippen molar-refractivity contribution in [1.29, 1.82) is 0 Å². The van der Waals surface area contributed by atoms with Gasteiger partial charge in [-0.1, -0.05) is 35.5 Å². The summed E-state index contributed by atoms with van der Waals surface area (Å²) in [4.78, 5) is 20.5. The summed E-state index contributed by atoms with van der Waals surface area (Å²) in [6.45, 7) is 1.93. The van der Waals surface area contributed by atoms with Crippen LogP contribution in [0.3, 0.4) is 0 Å². The lowest BCUT2D eigenvalue weighted by Gasteiger charge is -2.13. The molecule has 0 saturated heterocycles. The van der Waals surface area contributed by atoms with Gasteiger partial charge in [-0.05, 0) is 36.8 Å². The standard InChI is InChI=1S/C17H16ClN5OS/c1-11(12-2-4-14(18)5-3-12)20-15(24)10-25-17-21-16(22-23-17)13-6-8-19-9-7-13/h2-9,11H,10H2,1H3,(H,20,24)(H,21,22,23). The van der Waals surface area contributed by atoms with Gasteiger partial charge in [-0.3, -0.25) is 14.9 Å². The SMILES string of the molecule is CC(NC(=O)CSc1n[nH]c(-c2ccncc2)n1)c1ccc(Cl)cc1. The van der Waals surface area contributed by atoms with Gasteiger partial charge in [0.05, 0.1) is 11.8 Å². The third kappa shape index (κ3) is 4.80. The molecule has 0 aliphatic heterocycles. The first-order valence-electron chi connectivity index (χ1n) is 7.62. The molecule has 0 fully saturated rings. The van der Waals surface area contributed by atoms with Gasteiger partial charge in [0.15, 0.2) is 5.82 Å². The van der Waals surface area contributed by atoms with Crippen molar-refractivity contribution in [3.8, 4) is 11.4 Å². The van der Waals surface area contributed by atoms with Gasteiger partial charge in [-0.15, -0.1) is 5.10 Å². The fourth-order valence-electron chi connectivity index (χ4n) is 2.20. The van der Waals surface area contributed by atoms with Gasteiger partial charge in [0, 0.05) is 23.0 Å². The molecule has 0 spiro atoms. The minimum atomic E-state index is -0.0927. The number of carbonyl (C=O) groups excluding carboxylic acids is 1. The molecule has 0 saturated carbocycles. The molecular formula is C17H16ClN5OS. The zero-order valence-electron chi connectivity index (χ0n) is 13.4. The zero-order valence-corrected chi connectivity index (χ0v) is 15.0. The minimum absolute atomic E-state index is 0.0808. The Hall–Kier alpha value is -2.38. The molecule has 2 N–H and O–H groups in total. The van der Waals surface area contributed by atoms with Gasteiger partial charge < -0.3 is 5.32 Å². The number of thioether (sulfide) groups is 1. The first-order valence-corrected chi connectivity index (χ1v) is 8.98. The van der Waals surface area contributed by atoms with Gasteiger partial charge >= 0.3 is 0 Å². The number of amides is 1. The van der Waals surface area contributed by atoms with Crippen molar-refractivity contribution in [3.05, 3.63) is 59.4 Å². The summed E-state index contributed by atoms with van der Waals surface area (Å²) in [5, 5.41) is 11.1. The molecule has 0 aliphatic rings. The molecule has 1 aromatic carbocycles. The number of benzene rings is 1. The number of carbonyl (C=O) groups is 1. The highest BCUT2D eigenvalue weighted by Crippen LogP contribution is 2.19. The van der Waals surface area contributed by atoms with Crippen LogP contribution in [0.25, 0.3) is 11.4 Å². The molecule has 2 aromatic heterocycles. The summed E-state index contributed by atoms with van der Waals surface area (Å²) in [6, 6.07) is 11.0. The van der Waals surface area contributed by atoms with Gasteiger partial charge in [-0.2, -0.15) is 0 Å². The number of H-pyrrole nitrogens is 1. The van der Waals surface area contributed by atoms with E-state index in [-0.39, 0.29) is 17.7 Å². The summed E-state index contributed by atoms with van der Waals surface area (Å²) < 4.78 is 0. The second-order valence-electron chi connectivity index (χ2n) is 5.33. The Morgan fingerprint density at radius 2 is 1.96 bits per heavy atom. The van der Waals surface area contributed by atoms with Crippen LogP contribution in [0.1, 0.15) is 18.5 Å². The van der Waals surface area contributed by atoms with Crippen LogP contribution in [0.15, 0.2) is 53.9 Å². The van der Waals surface area contributed by atoms with E-state index in [2.05, 4.69) is 25.5 Å². The van der Waals surface area contributed by atoms with Crippen LogP contribution >= 0.6 is 23.4 Å². The third-order valence-electron chi connectivity index (χ3n) is 3.50. The van der Waals surface area contributed by atoms with Crippen molar-refractivity contribution in [2.75, 3.05) is 5.75 Å². The largest absolute Gasteiger partial charge is 0.349 e. The lowest BCUT2D eigenvalue weighted by molar-refractivity contribution is -0.119. The van der Waals surface area contributed by atoms with Crippen LogP contribution in [0, 0.1) is 0 Å². The first kappa shape index (κ1) is 17.4. The normalized spacial score (nSPS) is 11.9. The molecule has 0 bridgehead atoms.